The summed E-state index contributed by atoms with van der Waals surface area (Å²) in [6.45, 7) is 2.30. The van der Waals surface area contributed by atoms with Crippen molar-refractivity contribution in [1.82, 2.24) is 4.90 Å². The Bertz CT molecular complexity index is 512. The summed E-state index contributed by atoms with van der Waals surface area (Å²) in [5.41, 5.74) is 6.68. The molecule has 4 nitrogen and oxygen atoms in total. The van der Waals surface area contributed by atoms with Gasteiger partial charge in [0.25, 0.3) is 5.91 Å². The third-order valence-corrected chi connectivity index (χ3v) is 3.59. The van der Waals surface area contributed by atoms with Crippen LogP contribution in [-0.2, 0) is 0 Å². The summed E-state index contributed by atoms with van der Waals surface area (Å²) < 4.78 is 0. The number of carbonyl (C=O) groups excluding carboxylic acids is 1. The van der Waals surface area contributed by atoms with Gasteiger partial charge in [0.1, 0.15) is 5.75 Å². The molecule has 0 aliphatic heterocycles. The zero-order valence-electron chi connectivity index (χ0n) is 10.9. The van der Waals surface area contributed by atoms with Gasteiger partial charge in [0.2, 0.25) is 0 Å². The Balaban J connectivity index is 2.19. The number of amides is 1. The maximum Gasteiger partial charge on any atom is 0.254 e. The summed E-state index contributed by atoms with van der Waals surface area (Å²) in [5, 5.41) is 9.69. The summed E-state index contributed by atoms with van der Waals surface area (Å²) in [4.78, 5) is 14.8. The first-order valence-electron chi connectivity index (χ1n) is 6.38. The summed E-state index contributed by atoms with van der Waals surface area (Å²) in [5.74, 6) is 0.100. The summed E-state index contributed by atoms with van der Waals surface area (Å²) in [6, 6.07) is 5.31. The van der Waals surface area contributed by atoms with Gasteiger partial charge in [-0.05, 0) is 31.9 Å². The van der Waals surface area contributed by atoms with Crippen molar-refractivity contribution in [3.8, 4) is 5.75 Å². The van der Waals surface area contributed by atoms with E-state index >= 15 is 0 Å². The average molecular weight is 278 g/mol. The second-order valence-corrected chi connectivity index (χ2v) is 5.42. The molecule has 3 N–H and O–H groups in total. The molecule has 19 heavy (non-hydrogen) atoms. The van der Waals surface area contributed by atoms with Crippen LogP contribution in [0.2, 0.25) is 0 Å². The van der Waals surface area contributed by atoms with E-state index in [1.165, 1.54) is 0 Å². The lowest BCUT2D eigenvalue weighted by Crippen LogP contribution is -2.36. The number of phenols is 1. The molecule has 1 aromatic rings. The Morgan fingerprint density at radius 3 is 2.79 bits per heavy atom. The van der Waals surface area contributed by atoms with Crippen LogP contribution in [0.5, 0.6) is 5.75 Å². The SMILES string of the molecule is Cc1c(O)cccc1C(=O)N(CCC(N)=S)C1CC1. The van der Waals surface area contributed by atoms with E-state index in [-0.39, 0.29) is 11.7 Å². The molecule has 0 heterocycles. The Morgan fingerprint density at radius 2 is 2.21 bits per heavy atom. The fraction of sp³-hybridized carbons (Fsp3) is 0.429. The van der Waals surface area contributed by atoms with Crippen LogP contribution in [0.3, 0.4) is 0 Å². The van der Waals surface area contributed by atoms with E-state index in [0.29, 0.717) is 35.1 Å². The highest BCUT2D eigenvalue weighted by molar-refractivity contribution is 7.80. The van der Waals surface area contributed by atoms with Crippen molar-refractivity contribution in [3.05, 3.63) is 29.3 Å². The second-order valence-electron chi connectivity index (χ2n) is 4.90. The highest BCUT2D eigenvalue weighted by Gasteiger charge is 2.33. The zero-order valence-corrected chi connectivity index (χ0v) is 11.7. The Kier molecular flexibility index (Phi) is 4.04. The number of rotatable bonds is 5. The van der Waals surface area contributed by atoms with E-state index in [0.717, 1.165) is 12.8 Å². The highest BCUT2D eigenvalue weighted by atomic mass is 32.1. The number of hydrogen-bond acceptors (Lipinski definition) is 3. The van der Waals surface area contributed by atoms with Crippen LogP contribution in [0.25, 0.3) is 0 Å². The predicted octanol–water partition coefficient (Wildman–Crippen LogP) is 1.98. The third-order valence-electron chi connectivity index (χ3n) is 3.38. The number of thiocarbonyl (C=S) groups is 1. The lowest BCUT2D eigenvalue weighted by molar-refractivity contribution is 0.0747. The molecular formula is C14H18N2O2S. The van der Waals surface area contributed by atoms with E-state index in [4.69, 9.17) is 18.0 Å². The second kappa shape index (κ2) is 5.57. The highest BCUT2D eigenvalue weighted by Crippen LogP contribution is 2.30. The van der Waals surface area contributed by atoms with Gasteiger partial charge in [0, 0.05) is 30.1 Å². The molecule has 0 radical (unpaired) electrons. The molecule has 5 heteroatoms. The zero-order chi connectivity index (χ0) is 14.0. The number of nitrogens with two attached hydrogens (primary N) is 1. The standard InChI is InChI=1S/C14H18N2O2S/c1-9-11(3-2-4-12(9)17)14(18)16(10-5-6-10)8-7-13(15)19/h2-4,10,17H,5-8H2,1H3,(H2,15,19). The van der Waals surface area contributed by atoms with Crippen LogP contribution in [0.1, 0.15) is 35.2 Å². The molecule has 1 saturated carbocycles. The summed E-state index contributed by atoms with van der Waals surface area (Å²) in [6.07, 6.45) is 2.59. The molecule has 0 bridgehead atoms. The maximum atomic E-state index is 12.5. The van der Waals surface area contributed by atoms with Crippen molar-refractivity contribution in [2.45, 2.75) is 32.2 Å². The average Bonchev–Trinajstić information content (AvgIpc) is 3.17. The minimum Gasteiger partial charge on any atom is -0.508 e. The van der Waals surface area contributed by atoms with Crippen LogP contribution >= 0.6 is 12.2 Å². The minimum atomic E-state index is -0.0489. The van der Waals surface area contributed by atoms with Crippen LogP contribution in [0.4, 0.5) is 0 Å². The Morgan fingerprint density at radius 1 is 1.53 bits per heavy atom. The maximum absolute atomic E-state index is 12.5. The number of benzene rings is 1. The van der Waals surface area contributed by atoms with Crippen LogP contribution in [0, 0.1) is 6.92 Å². The number of nitrogens with zero attached hydrogens (tertiary/aromatic N) is 1. The number of carbonyl (C=O) groups is 1. The van der Waals surface area contributed by atoms with Crippen molar-refractivity contribution in [2.75, 3.05) is 6.54 Å². The molecule has 0 unspecified atom stereocenters. The molecule has 0 aromatic heterocycles. The molecule has 2 rings (SSSR count). The number of aromatic hydroxyl groups is 1. The molecular weight excluding hydrogens is 260 g/mol. The van der Waals surface area contributed by atoms with Crippen molar-refractivity contribution < 1.29 is 9.90 Å². The van der Waals surface area contributed by atoms with Crippen molar-refractivity contribution in [2.24, 2.45) is 5.73 Å². The van der Waals surface area contributed by atoms with E-state index in [1.807, 2.05) is 4.90 Å². The molecule has 0 spiro atoms. The van der Waals surface area contributed by atoms with Crippen molar-refractivity contribution in [1.29, 1.82) is 0 Å². The van der Waals surface area contributed by atoms with Gasteiger partial charge in [-0.2, -0.15) is 0 Å². The van der Waals surface area contributed by atoms with Crippen LogP contribution in [0.15, 0.2) is 18.2 Å². The first kappa shape index (κ1) is 13.8. The predicted molar refractivity (Wildman–Crippen MR) is 78.3 cm³/mol. The largest absolute Gasteiger partial charge is 0.508 e. The first-order chi connectivity index (χ1) is 9.00. The first-order valence-corrected chi connectivity index (χ1v) is 6.79. The van der Waals surface area contributed by atoms with Crippen LogP contribution in [-0.4, -0.2) is 33.5 Å². The Hall–Kier alpha value is -1.62. The van der Waals surface area contributed by atoms with Gasteiger partial charge in [0.05, 0.1) is 4.99 Å². The van der Waals surface area contributed by atoms with Gasteiger partial charge in [-0.15, -0.1) is 0 Å². The van der Waals surface area contributed by atoms with E-state index < -0.39 is 0 Å². The molecule has 102 valence electrons. The van der Waals surface area contributed by atoms with Gasteiger partial charge >= 0.3 is 0 Å². The monoisotopic (exact) mass is 278 g/mol. The quantitative estimate of drug-likeness (QED) is 0.808. The van der Waals surface area contributed by atoms with Crippen LogP contribution < -0.4 is 5.73 Å². The molecule has 0 saturated heterocycles. The number of phenolic OH excluding ortho intramolecular Hbond substituents is 1. The molecule has 0 atom stereocenters. The Labute approximate surface area is 118 Å². The fourth-order valence-electron chi connectivity index (χ4n) is 2.08. The lowest BCUT2D eigenvalue weighted by Gasteiger charge is -2.23. The van der Waals surface area contributed by atoms with Gasteiger partial charge < -0.3 is 15.7 Å². The van der Waals surface area contributed by atoms with Gasteiger partial charge in [-0.1, -0.05) is 18.3 Å². The third kappa shape index (κ3) is 3.23. The summed E-state index contributed by atoms with van der Waals surface area (Å²) >= 11 is 4.87. The van der Waals surface area contributed by atoms with Crippen molar-refractivity contribution >= 4 is 23.1 Å². The van der Waals surface area contributed by atoms with E-state index in [2.05, 4.69) is 0 Å². The molecule has 1 amide bonds. The van der Waals surface area contributed by atoms with Gasteiger partial charge in [-0.3, -0.25) is 4.79 Å². The molecule has 1 aliphatic rings. The normalized spacial score (nSPS) is 14.2. The number of hydrogen-bond donors (Lipinski definition) is 2. The minimum absolute atomic E-state index is 0.0489. The molecule has 1 aromatic carbocycles. The topological polar surface area (TPSA) is 66.6 Å². The molecule has 1 aliphatic carbocycles. The van der Waals surface area contributed by atoms with Crippen molar-refractivity contribution in [3.63, 3.8) is 0 Å². The molecule has 1 fully saturated rings. The lowest BCUT2D eigenvalue weighted by atomic mass is 10.1. The van der Waals surface area contributed by atoms with Gasteiger partial charge in [-0.25, -0.2) is 0 Å². The van der Waals surface area contributed by atoms with Gasteiger partial charge in [0.15, 0.2) is 0 Å². The van der Waals surface area contributed by atoms with E-state index in [1.54, 1.807) is 25.1 Å². The summed E-state index contributed by atoms with van der Waals surface area (Å²) in [7, 11) is 0. The fourth-order valence-corrected chi connectivity index (χ4v) is 2.17. The van der Waals surface area contributed by atoms with E-state index in [9.17, 15) is 9.90 Å². The smallest absolute Gasteiger partial charge is 0.254 e.